The van der Waals surface area contributed by atoms with Crippen LogP contribution in [0.5, 0.6) is 0 Å². The molecule has 1 N–H and O–H groups in total. The van der Waals surface area contributed by atoms with Gasteiger partial charge in [0, 0.05) is 6.04 Å². The number of hydrogen-bond donors (Lipinski definition) is 1. The molecule has 0 aromatic heterocycles. The van der Waals surface area contributed by atoms with Gasteiger partial charge in [-0.3, -0.25) is 0 Å². The van der Waals surface area contributed by atoms with E-state index in [9.17, 15) is 0 Å². The van der Waals surface area contributed by atoms with Crippen LogP contribution in [0.2, 0.25) is 0 Å². The lowest BCUT2D eigenvalue weighted by Crippen LogP contribution is -2.48. The predicted molar refractivity (Wildman–Crippen MR) is 65.1 cm³/mol. The minimum atomic E-state index is 0.0214. The van der Waals surface area contributed by atoms with Crippen molar-refractivity contribution in [2.45, 2.75) is 71.6 Å². The highest BCUT2D eigenvalue weighted by molar-refractivity contribution is 4.87. The Balaban J connectivity index is 2.01. The fourth-order valence-electron chi connectivity index (χ4n) is 1.90. The van der Waals surface area contributed by atoms with Gasteiger partial charge in [-0.15, -0.1) is 0 Å². The topological polar surface area (TPSA) is 21.3 Å². The van der Waals surface area contributed by atoms with Gasteiger partial charge in [0.05, 0.1) is 11.7 Å². The number of nitrogens with one attached hydrogen (secondary N) is 1. The molecule has 0 saturated heterocycles. The standard InChI is InChI=1S/C13H27NO/c1-10(2)6-7-14-11-8-12(9-11)15-13(3,4)5/h10-12,14H,6-9H2,1-5H3. The maximum absolute atomic E-state index is 5.89. The van der Waals surface area contributed by atoms with Gasteiger partial charge in [-0.25, -0.2) is 0 Å². The lowest BCUT2D eigenvalue weighted by atomic mass is 9.88. The third-order valence-corrected chi connectivity index (χ3v) is 2.77. The van der Waals surface area contributed by atoms with E-state index < -0.39 is 0 Å². The molecule has 0 heterocycles. The summed E-state index contributed by atoms with van der Waals surface area (Å²) in [6.45, 7) is 12.1. The van der Waals surface area contributed by atoms with E-state index in [1.165, 1.54) is 19.3 Å². The normalized spacial score (nSPS) is 26.8. The Morgan fingerprint density at radius 2 is 1.87 bits per heavy atom. The molecule has 90 valence electrons. The number of hydrogen-bond acceptors (Lipinski definition) is 2. The first kappa shape index (κ1) is 13.0. The smallest absolute Gasteiger partial charge is 0.0612 e. The maximum atomic E-state index is 5.89. The minimum Gasteiger partial charge on any atom is -0.373 e. The Morgan fingerprint density at radius 1 is 1.27 bits per heavy atom. The van der Waals surface area contributed by atoms with Gasteiger partial charge in [0.25, 0.3) is 0 Å². The van der Waals surface area contributed by atoms with Gasteiger partial charge < -0.3 is 10.1 Å². The van der Waals surface area contributed by atoms with Gasteiger partial charge in [0.15, 0.2) is 0 Å². The van der Waals surface area contributed by atoms with Crippen molar-refractivity contribution in [2.24, 2.45) is 5.92 Å². The number of ether oxygens (including phenoxy) is 1. The van der Waals surface area contributed by atoms with Crippen molar-refractivity contribution in [2.75, 3.05) is 6.54 Å². The average Bonchev–Trinajstić information content (AvgIpc) is 1.96. The molecule has 0 amide bonds. The molecule has 0 atom stereocenters. The lowest BCUT2D eigenvalue weighted by Gasteiger charge is -2.39. The van der Waals surface area contributed by atoms with Crippen molar-refractivity contribution in [3.63, 3.8) is 0 Å². The van der Waals surface area contributed by atoms with E-state index in [2.05, 4.69) is 39.9 Å². The van der Waals surface area contributed by atoms with Crippen molar-refractivity contribution in [3.05, 3.63) is 0 Å². The molecule has 0 aromatic rings. The molecule has 0 aromatic carbocycles. The Morgan fingerprint density at radius 3 is 2.33 bits per heavy atom. The minimum absolute atomic E-state index is 0.0214. The first-order valence-electron chi connectivity index (χ1n) is 6.28. The van der Waals surface area contributed by atoms with Gasteiger partial charge in [-0.05, 0) is 52.5 Å². The third-order valence-electron chi connectivity index (χ3n) is 2.77. The number of rotatable bonds is 5. The van der Waals surface area contributed by atoms with Gasteiger partial charge >= 0.3 is 0 Å². The van der Waals surface area contributed by atoms with E-state index in [0.717, 1.165) is 12.5 Å². The Kier molecular flexibility index (Phi) is 4.60. The molecule has 2 heteroatoms. The average molecular weight is 213 g/mol. The van der Waals surface area contributed by atoms with Crippen LogP contribution in [0.4, 0.5) is 0 Å². The summed E-state index contributed by atoms with van der Waals surface area (Å²) in [5, 5.41) is 3.59. The van der Waals surface area contributed by atoms with Crippen LogP contribution in [0.1, 0.15) is 53.9 Å². The Hall–Kier alpha value is -0.0800. The summed E-state index contributed by atoms with van der Waals surface area (Å²) in [6, 6.07) is 0.705. The van der Waals surface area contributed by atoms with Gasteiger partial charge in [0.1, 0.15) is 0 Å². The highest BCUT2D eigenvalue weighted by atomic mass is 16.5. The Bertz CT molecular complexity index is 177. The molecule has 1 aliphatic carbocycles. The molecule has 0 spiro atoms. The van der Waals surface area contributed by atoms with E-state index >= 15 is 0 Å². The fourth-order valence-corrected chi connectivity index (χ4v) is 1.90. The molecule has 1 rings (SSSR count). The summed E-state index contributed by atoms with van der Waals surface area (Å²) in [5.74, 6) is 0.805. The van der Waals surface area contributed by atoms with Crippen LogP contribution in [0.3, 0.4) is 0 Å². The zero-order valence-corrected chi connectivity index (χ0v) is 11.0. The first-order valence-corrected chi connectivity index (χ1v) is 6.28. The van der Waals surface area contributed by atoms with Gasteiger partial charge in [0.2, 0.25) is 0 Å². The SMILES string of the molecule is CC(C)CCNC1CC(OC(C)(C)C)C1. The Labute approximate surface area is 94.8 Å². The van der Waals surface area contributed by atoms with E-state index in [4.69, 9.17) is 4.74 Å². The second-order valence-electron chi connectivity index (χ2n) is 6.16. The van der Waals surface area contributed by atoms with Crippen molar-refractivity contribution in [3.8, 4) is 0 Å². The molecule has 1 saturated carbocycles. The molecular formula is C13H27NO. The summed E-state index contributed by atoms with van der Waals surface area (Å²) >= 11 is 0. The van der Waals surface area contributed by atoms with E-state index in [1.807, 2.05) is 0 Å². The molecule has 0 radical (unpaired) electrons. The third kappa shape index (κ3) is 5.53. The summed E-state index contributed by atoms with van der Waals surface area (Å²) in [6.07, 6.45) is 4.15. The summed E-state index contributed by atoms with van der Waals surface area (Å²) < 4.78 is 5.89. The van der Waals surface area contributed by atoms with Crippen LogP contribution in [0, 0.1) is 5.92 Å². The van der Waals surface area contributed by atoms with E-state index in [1.54, 1.807) is 0 Å². The van der Waals surface area contributed by atoms with Crippen LogP contribution >= 0.6 is 0 Å². The fraction of sp³-hybridized carbons (Fsp3) is 1.00. The molecule has 15 heavy (non-hydrogen) atoms. The highest BCUT2D eigenvalue weighted by Crippen LogP contribution is 2.27. The lowest BCUT2D eigenvalue weighted by molar-refractivity contribution is -0.102. The van der Waals surface area contributed by atoms with Gasteiger partial charge in [-0.1, -0.05) is 13.8 Å². The van der Waals surface area contributed by atoms with Crippen molar-refractivity contribution < 1.29 is 4.74 Å². The summed E-state index contributed by atoms with van der Waals surface area (Å²) in [4.78, 5) is 0. The molecule has 2 nitrogen and oxygen atoms in total. The van der Waals surface area contributed by atoms with Crippen LogP contribution in [-0.4, -0.2) is 24.3 Å². The molecule has 0 bridgehead atoms. The van der Waals surface area contributed by atoms with Crippen LogP contribution in [0.25, 0.3) is 0 Å². The van der Waals surface area contributed by atoms with E-state index in [0.29, 0.717) is 12.1 Å². The maximum Gasteiger partial charge on any atom is 0.0612 e. The monoisotopic (exact) mass is 213 g/mol. The zero-order valence-electron chi connectivity index (χ0n) is 11.0. The van der Waals surface area contributed by atoms with Crippen LogP contribution in [0.15, 0.2) is 0 Å². The molecular weight excluding hydrogens is 186 g/mol. The highest BCUT2D eigenvalue weighted by Gasteiger charge is 2.32. The largest absolute Gasteiger partial charge is 0.373 e. The van der Waals surface area contributed by atoms with Crippen LogP contribution in [-0.2, 0) is 4.74 Å². The van der Waals surface area contributed by atoms with E-state index in [-0.39, 0.29) is 5.60 Å². The zero-order chi connectivity index (χ0) is 11.5. The van der Waals surface area contributed by atoms with Gasteiger partial charge in [-0.2, -0.15) is 0 Å². The summed E-state index contributed by atoms with van der Waals surface area (Å²) in [7, 11) is 0. The quantitative estimate of drug-likeness (QED) is 0.758. The summed E-state index contributed by atoms with van der Waals surface area (Å²) in [5.41, 5.74) is 0.0214. The molecule has 0 aliphatic heterocycles. The molecule has 1 fully saturated rings. The van der Waals surface area contributed by atoms with Crippen molar-refractivity contribution >= 4 is 0 Å². The van der Waals surface area contributed by atoms with Crippen LogP contribution < -0.4 is 5.32 Å². The predicted octanol–water partition coefficient (Wildman–Crippen LogP) is 2.97. The molecule has 0 unspecified atom stereocenters. The second-order valence-corrected chi connectivity index (χ2v) is 6.16. The molecule has 1 aliphatic rings. The van der Waals surface area contributed by atoms with Crippen molar-refractivity contribution in [1.29, 1.82) is 0 Å². The van der Waals surface area contributed by atoms with Crippen molar-refractivity contribution in [1.82, 2.24) is 5.32 Å². The first-order chi connectivity index (χ1) is 6.87. The second kappa shape index (κ2) is 5.31.